The zero-order chi connectivity index (χ0) is 27.4. The lowest BCUT2D eigenvalue weighted by Gasteiger charge is -2.26. The van der Waals surface area contributed by atoms with Gasteiger partial charge in [-0.2, -0.15) is 25.9 Å². The molecule has 0 saturated carbocycles. The third kappa shape index (κ3) is 6.99. The molecule has 0 aliphatic carbocycles. The maximum atomic E-state index is 12.9. The second-order valence-electron chi connectivity index (χ2n) is 7.89. The van der Waals surface area contributed by atoms with E-state index in [-0.39, 0.29) is 22.0 Å². The lowest BCUT2D eigenvalue weighted by atomic mass is 10.2. The second kappa shape index (κ2) is 10.8. The average molecular weight is 557 g/mol. The van der Waals surface area contributed by atoms with Gasteiger partial charge in [0.25, 0.3) is 10.0 Å². The fourth-order valence-corrected chi connectivity index (χ4v) is 5.23. The Kier molecular flexibility index (Phi) is 8.15. The van der Waals surface area contributed by atoms with E-state index >= 15 is 0 Å². The van der Waals surface area contributed by atoms with Crippen molar-refractivity contribution < 1.29 is 34.8 Å². The fourth-order valence-electron chi connectivity index (χ4n) is 3.12. The predicted octanol–water partition coefficient (Wildman–Crippen LogP) is 3.76. The van der Waals surface area contributed by atoms with Gasteiger partial charge in [0.2, 0.25) is 5.91 Å². The molecular formula is C23H23F3N4O5S2. The van der Waals surface area contributed by atoms with Crippen LogP contribution in [0.25, 0.3) is 0 Å². The normalized spacial score (nSPS) is 12.3. The van der Waals surface area contributed by atoms with Crippen LogP contribution in [0, 0.1) is 0 Å². The number of amides is 1. The minimum absolute atomic E-state index is 0.179. The first-order valence-corrected chi connectivity index (χ1v) is 13.4. The Morgan fingerprint density at radius 2 is 1.46 bits per heavy atom. The number of para-hydroxylation sites is 1. The molecule has 0 atom stereocenters. The van der Waals surface area contributed by atoms with Crippen molar-refractivity contribution in [3.63, 3.8) is 0 Å². The molecule has 0 unspecified atom stereocenters. The number of benzene rings is 3. The molecular weight excluding hydrogens is 533 g/mol. The van der Waals surface area contributed by atoms with Crippen molar-refractivity contribution in [3.05, 3.63) is 84.4 Å². The number of halogens is 3. The summed E-state index contributed by atoms with van der Waals surface area (Å²) >= 11 is 0. The van der Waals surface area contributed by atoms with Crippen molar-refractivity contribution in [2.75, 3.05) is 35.0 Å². The summed E-state index contributed by atoms with van der Waals surface area (Å²) < 4.78 is 93.4. The minimum atomic E-state index is -4.64. The van der Waals surface area contributed by atoms with Crippen LogP contribution in [0.3, 0.4) is 0 Å². The summed E-state index contributed by atoms with van der Waals surface area (Å²) in [4.78, 5) is 12.4. The Labute approximate surface area is 212 Å². The Morgan fingerprint density at radius 3 is 2.03 bits per heavy atom. The Morgan fingerprint density at radius 1 is 0.838 bits per heavy atom. The number of anilines is 3. The topological polar surface area (TPSA) is 116 Å². The predicted molar refractivity (Wildman–Crippen MR) is 134 cm³/mol. The van der Waals surface area contributed by atoms with E-state index in [1.165, 1.54) is 44.4 Å². The molecule has 0 saturated heterocycles. The molecule has 0 aliphatic heterocycles. The number of nitrogens with one attached hydrogen (secondary N) is 2. The van der Waals surface area contributed by atoms with Crippen molar-refractivity contribution in [2.24, 2.45) is 0 Å². The molecule has 198 valence electrons. The van der Waals surface area contributed by atoms with Gasteiger partial charge >= 0.3 is 16.4 Å². The number of hydrogen-bond acceptors (Lipinski definition) is 5. The van der Waals surface area contributed by atoms with E-state index < -0.39 is 44.4 Å². The van der Waals surface area contributed by atoms with Gasteiger partial charge in [-0.15, -0.1) is 0 Å². The highest BCUT2D eigenvalue weighted by Crippen LogP contribution is 2.31. The van der Waals surface area contributed by atoms with Crippen LogP contribution in [0.5, 0.6) is 0 Å². The van der Waals surface area contributed by atoms with E-state index in [2.05, 4.69) is 10.0 Å². The van der Waals surface area contributed by atoms with Crippen LogP contribution in [0.15, 0.2) is 83.8 Å². The highest BCUT2D eigenvalue weighted by Gasteiger charge is 2.31. The highest BCUT2D eigenvalue weighted by molar-refractivity contribution is 7.92. The third-order valence-electron chi connectivity index (χ3n) is 4.96. The second-order valence-corrected chi connectivity index (χ2v) is 11.6. The van der Waals surface area contributed by atoms with E-state index in [1.807, 2.05) is 0 Å². The SMILES string of the molecule is CN(C)S(=O)(=O)N(CC(=O)Nc1ccc(S(=O)(=O)Nc2cccc(C(F)(F)F)c2)cc1)c1ccccc1. The maximum Gasteiger partial charge on any atom is 0.416 e. The lowest BCUT2D eigenvalue weighted by Crippen LogP contribution is -2.44. The molecule has 0 spiro atoms. The van der Waals surface area contributed by atoms with Crippen LogP contribution >= 0.6 is 0 Å². The zero-order valence-electron chi connectivity index (χ0n) is 19.6. The number of hydrogen-bond donors (Lipinski definition) is 2. The summed E-state index contributed by atoms with van der Waals surface area (Å²) in [6.07, 6.45) is -4.64. The van der Waals surface area contributed by atoms with Gasteiger partial charge in [-0.1, -0.05) is 24.3 Å². The molecule has 2 N–H and O–H groups in total. The first kappa shape index (κ1) is 28.0. The van der Waals surface area contributed by atoms with E-state index in [0.717, 1.165) is 32.9 Å². The number of carbonyl (C=O) groups excluding carboxylic acids is 1. The molecule has 3 rings (SSSR count). The first-order valence-electron chi connectivity index (χ1n) is 10.6. The van der Waals surface area contributed by atoms with Gasteiger partial charge in [-0.05, 0) is 54.6 Å². The fraction of sp³-hybridized carbons (Fsp3) is 0.174. The molecule has 0 radical (unpaired) electrons. The van der Waals surface area contributed by atoms with Crippen LogP contribution < -0.4 is 14.3 Å². The van der Waals surface area contributed by atoms with Crippen LogP contribution in [-0.2, 0) is 31.2 Å². The van der Waals surface area contributed by atoms with Gasteiger partial charge in [0.15, 0.2) is 0 Å². The Bertz CT molecular complexity index is 1460. The molecule has 3 aromatic carbocycles. The van der Waals surface area contributed by atoms with Crippen molar-refractivity contribution in [1.29, 1.82) is 0 Å². The summed E-state index contributed by atoms with van der Waals surface area (Å²) in [7, 11) is -5.57. The standard InChI is InChI=1S/C23H23F3N4O5S2/c1-29(2)37(34,35)30(20-9-4-3-5-10-20)16-22(31)27-18-11-13-21(14-12-18)36(32,33)28-19-8-6-7-17(15-19)23(24,25)26/h3-15,28H,16H2,1-2H3,(H,27,31). The van der Waals surface area contributed by atoms with Gasteiger partial charge in [0.05, 0.1) is 16.1 Å². The minimum Gasteiger partial charge on any atom is -0.325 e. The molecule has 0 aliphatic rings. The van der Waals surface area contributed by atoms with Gasteiger partial charge < -0.3 is 5.32 Å². The van der Waals surface area contributed by atoms with E-state index in [1.54, 1.807) is 18.2 Å². The number of sulfonamides is 1. The molecule has 0 heterocycles. The van der Waals surface area contributed by atoms with Gasteiger partial charge in [-0.3, -0.25) is 9.52 Å². The summed E-state index contributed by atoms with van der Waals surface area (Å²) in [6, 6.07) is 16.6. The van der Waals surface area contributed by atoms with Gasteiger partial charge in [-0.25, -0.2) is 12.7 Å². The van der Waals surface area contributed by atoms with E-state index in [0.29, 0.717) is 6.07 Å². The van der Waals surface area contributed by atoms with E-state index in [9.17, 15) is 34.8 Å². The number of nitrogens with zero attached hydrogens (tertiary/aromatic N) is 2. The number of alkyl halides is 3. The quantitative estimate of drug-likeness (QED) is 0.417. The number of rotatable bonds is 9. The third-order valence-corrected chi connectivity index (χ3v) is 8.18. The summed E-state index contributed by atoms with van der Waals surface area (Å²) in [5.74, 6) is -0.688. The van der Waals surface area contributed by atoms with Crippen molar-refractivity contribution in [3.8, 4) is 0 Å². The van der Waals surface area contributed by atoms with Crippen molar-refractivity contribution in [2.45, 2.75) is 11.1 Å². The summed E-state index contributed by atoms with van der Waals surface area (Å²) in [5, 5.41) is 2.50. The Hall–Kier alpha value is -3.62. The van der Waals surface area contributed by atoms with Crippen LogP contribution in [0.4, 0.5) is 30.2 Å². The van der Waals surface area contributed by atoms with Crippen LogP contribution in [0.2, 0.25) is 0 Å². The summed E-state index contributed by atoms with van der Waals surface area (Å²) in [5.41, 5.74) is -0.825. The molecule has 0 fully saturated rings. The van der Waals surface area contributed by atoms with Gasteiger partial charge in [0.1, 0.15) is 6.54 Å². The first-order chi connectivity index (χ1) is 17.2. The van der Waals surface area contributed by atoms with Crippen LogP contribution in [-0.4, -0.2) is 47.7 Å². The number of carbonyl (C=O) groups is 1. The smallest absolute Gasteiger partial charge is 0.325 e. The molecule has 0 aromatic heterocycles. The molecule has 37 heavy (non-hydrogen) atoms. The lowest BCUT2D eigenvalue weighted by molar-refractivity contribution is -0.137. The largest absolute Gasteiger partial charge is 0.416 e. The Balaban J connectivity index is 1.74. The molecule has 9 nitrogen and oxygen atoms in total. The van der Waals surface area contributed by atoms with Crippen LogP contribution in [0.1, 0.15) is 5.56 Å². The molecule has 0 bridgehead atoms. The maximum absolute atomic E-state index is 12.9. The van der Waals surface area contributed by atoms with Gasteiger partial charge in [0, 0.05) is 25.5 Å². The molecule has 3 aromatic rings. The van der Waals surface area contributed by atoms with Crippen molar-refractivity contribution in [1.82, 2.24) is 4.31 Å². The zero-order valence-corrected chi connectivity index (χ0v) is 21.2. The summed E-state index contributed by atoms with van der Waals surface area (Å²) in [6.45, 7) is -0.554. The van der Waals surface area contributed by atoms with Crippen molar-refractivity contribution >= 4 is 43.2 Å². The molecule has 14 heteroatoms. The van der Waals surface area contributed by atoms with E-state index in [4.69, 9.17) is 0 Å². The monoisotopic (exact) mass is 556 g/mol. The highest BCUT2D eigenvalue weighted by atomic mass is 32.2. The average Bonchev–Trinajstić information content (AvgIpc) is 2.82. The molecule has 1 amide bonds.